The molecule has 2 aromatic rings. The van der Waals surface area contributed by atoms with E-state index in [-0.39, 0.29) is 17.9 Å². The topological polar surface area (TPSA) is 58.6 Å². The van der Waals surface area contributed by atoms with Crippen molar-refractivity contribution in [1.82, 2.24) is 14.9 Å². The average Bonchev–Trinajstić information content (AvgIpc) is 3.14. The van der Waals surface area contributed by atoms with E-state index in [4.69, 9.17) is 14.7 Å². The number of amides is 1. The fourth-order valence-electron chi connectivity index (χ4n) is 3.36. The number of hydrogen-bond donors (Lipinski definition) is 0. The van der Waals surface area contributed by atoms with Crippen LogP contribution in [0.3, 0.4) is 0 Å². The van der Waals surface area contributed by atoms with Gasteiger partial charge in [-0.25, -0.2) is 9.97 Å². The van der Waals surface area contributed by atoms with Gasteiger partial charge in [-0.1, -0.05) is 39.8 Å². The summed E-state index contributed by atoms with van der Waals surface area (Å²) in [6.45, 7) is 10.3. The molecule has 146 valence electrons. The number of aromatic nitrogens is 2. The smallest absolute Gasteiger partial charge is 0.258 e. The Hall–Kier alpha value is -2.37. The number of fused-ring (bicyclic) bond motifs is 1. The van der Waals surface area contributed by atoms with Crippen molar-refractivity contribution in [2.24, 2.45) is 11.8 Å². The standard InChI is InChI=1S/C21H30N4O2/c1-14(2)13-27-20-19(22-17-8-6-7-9-18(17)23-20)25-11-10-16(12-25)24(5)21(26)15(3)4/h6-9,14-16H,10-13H2,1-5H3/t16-/m0/s1. The molecule has 0 aliphatic carbocycles. The van der Waals surface area contributed by atoms with Gasteiger partial charge in [-0.15, -0.1) is 0 Å². The molecule has 0 radical (unpaired) electrons. The number of rotatable bonds is 6. The minimum atomic E-state index is 0.00875. The minimum Gasteiger partial charge on any atom is -0.475 e. The van der Waals surface area contributed by atoms with E-state index in [2.05, 4.69) is 18.7 Å². The van der Waals surface area contributed by atoms with Gasteiger partial charge in [0.25, 0.3) is 5.88 Å². The molecular formula is C21H30N4O2. The zero-order valence-corrected chi connectivity index (χ0v) is 17.0. The maximum Gasteiger partial charge on any atom is 0.258 e. The highest BCUT2D eigenvalue weighted by Gasteiger charge is 2.32. The molecule has 0 unspecified atom stereocenters. The number of likely N-dealkylation sites (N-methyl/N-ethyl adjacent to an activating group) is 1. The molecule has 1 aliphatic rings. The number of nitrogens with zero attached hydrogens (tertiary/aromatic N) is 4. The van der Waals surface area contributed by atoms with Crippen LogP contribution in [0.2, 0.25) is 0 Å². The number of carbonyl (C=O) groups excluding carboxylic acids is 1. The van der Waals surface area contributed by atoms with Crippen LogP contribution < -0.4 is 9.64 Å². The molecule has 1 aliphatic heterocycles. The van der Waals surface area contributed by atoms with Crippen molar-refractivity contribution in [3.8, 4) is 5.88 Å². The minimum absolute atomic E-state index is 0.00875. The predicted molar refractivity (Wildman–Crippen MR) is 108 cm³/mol. The number of hydrogen-bond acceptors (Lipinski definition) is 5. The number of ether oxygens (including phenoxy) is 1. The van der Waals surface area contributed by atoms with Crippen LogP contribution in [0.25, 0.3) is 11.0 Å². The van der Waals surface area contributed by atoms with Crippen molar-refractivity contribution in [1.29, 1.82) is 0 Å². The molecule has 1 aromatic heterocycles. The van der Waals surface area contributed by atoms with Crippen LogP contribution in [-0.4, -0.2) is 53.6 Å². The SMILES string of the molecule is CC(C)COc1nc2ccccc2nc1N1CC[C@H](N(C)C(=O)C(C)C)C1. The van der Waals surface area contributed by atoms with E-state index in [1.807, 2.05) is 50.1 Å². The molecule has 27 heavy (non-hydrogen) atoms. The van der Waals surface area contributed by atoms with Gasteiger partial charge in [0.05, 0.1) is 23.7 Å². The van der Waals surface area contributed by atoms with E-state index < -0.39 is 0 Å². The Morgan fingerprint density at radius 2 is 1.89 bits per heavy atom. The van der Waals surface area contributed by atoms with E-state index in [1.165, 1.54) is 0 Å². The Bertz CT molecular complexity index is 806. The second-order valence-corrected chi connectivity index (χ2v) is 8.04. The van der Waals surface area contributed by atoms with E-state index in [0.29, 0.717) is 18.4 Å². The quantitative estimate of drug-likeness (QED) is 0.780. The van der Waals surface area contributed by atoms with Crippen molar-refractivity contribution in [3.05, 3.63) is 24.3 Å². The Balaban J connectivity index is 1.86. The summed E-state index contributed by atoms with van der Waals surface area (Å²) in [5.41, 5.74) is 1.70. The summed E-state index contributed by atoms with van der Waals surface area (Å²) >= 11 is 0. The summed E-state index contributed by atoms with van der Waals surface area (Å²) in [5, 5.41) is 0. The van der Waals surface area contributed by atoms with Crippen LogP contribution in [0.15, 0.2) is 24.3 Å². The molecule has 1 amide bonds. The Labute approximate surface area is 161 Å². The van der Waals surface area contributed by atoms with Crippen molar-refractivity contribution in [2.45, 2.75) is 40.2 Å². The van der Waals surface area contributed by atoms with Crippen molar-refractivity contribution < 1.29 is 9.53 Å². The third kappa shape index (κ3) is 4.31. The Morgan fingerprint density at radius 3 is 2.52 bits per heavy atom. The lowest BCUT2D eigenvalue weighted by molar-refractivity contribution is -0.134. The molecule has 1 fully saturated rings. The van der Waals surface area contributed by atoms with Gasteiger partial charge >= 0.3 is 0 Å². The lowest BCUT2D eigenvalue weighted by atomic mass is 10.1. The van der Waals surface area contributed by atoms with Crippen LogP contribution in [0, 0.1) is 11.8 Å². The Kier molecular flexibility index (Phi) is 5.82. The van der Waals surface area contributed by atoms with Crippen molar-refractivity contribution in [2.75, 3.05) is 31.6 Å². The second-order valence-electron chi connectivity index (χ2n) is 8.04. The van der Waals surface area contributed by atoms with E-state index in [1.54, 1.807) is 0 Å². The maximum atomic E-state index is 12.3. The van der Waals surface area contributed by atoms with Gasteiger partial charge < -0.3 is 14.5 Å². The normalized spacial score (nSPS) is 17.1. The molecule has 1 atom stereocenters. The summed E-state index contributed by atoms with van der Waals surface area (Å²) in [4.78, 5) is 26.0. The van der Waals surface area contributed by atoms with Gasteiger partial charge in [-0.2, -0.15) is 0 Å². The average molecular weight is 370 g/mol. The van der Waals surface area contributed by atoms with Crippen LogP contribution >= 0.6 is 0 Å². The molecular weight excluding hydrogens is 340 g/mol. The van der Waals surface area contributed by atoms with Gasteiger partial charge in [-0.3, -0.25) is 4.79 Å². The largest absolute Gasteiger partial charge is 0.475 e. The molecule has 2 heterocycles. The molecule has 6 nitrogen and oxygen atoms in total. The molecule has 0 bridgehead atoms. The molecule has 3 rings (SSSR count). The highest BCUT2D eigenvalue weighted by molar-refractivity contribution is 5.79. The molecule has 1 aromatic carbocycles. The second kappa shape index (κ2) is 8.11. The van der Waals surface area contributed by atoms with Crippen molar-refractivity contribution in [3.63, 3.8) is 0 Å². The zero-order valence-electron chi connectivity index (χ0n) is 17.0. The predicted octanol–water partition coefficient (Wildman–Crippen LogP) is 3.36. The first-order chi connectivity index (χ1) is 12.9. The van der Waals surface area contributed by atoms with Gasteiger partial charge in [0, 0.05) is 26.1 Å². The first-order valence-electron chi connectivity index (χ1n) is 9.78. The lowest BCUT2D eigenvalue weighted by Gasteiger charge is -2.27. The van der Waals surface area contributed by atoms with E-state index in [9.17, 15) is 4.79 Å². The first kappa shape index (κ1) is 19.4. The number of para-hydroxylation sites is 2. The highest BCUT2D eigenvalue weighted by Crippen LogP contribution is 2.31. The summed E-state index contributed by atoms with van der Waals surface area (Å²) in [5.74, 6) is 1.97. The van der Waals surface area contributed by atoms with Gasteiger partial charge in [0.1, 0.15) is 0 Å². The fraction of sp³-hybridized carbons (Fsp3) is 0.571. The molecule has 0 saturated carbocycles. The molecule has 1 saturated heterocycles. The first-order valence-corrected chi connectivity index (χ1v) is 9.78. The van der Waals surface area contributed by atoms with E-state index >= 15 is 0 Å². The van der Waals surface area contributed by atoms with Crippen LogP contribution in [-0.2, 0) is 4.79 Å². The van der Waals surface area contributed by atoms with Gasteiger partial charge in [0.15, 0.2) is 5.82 Å². The summed E-state index contributed by atoms with van der Waals surface area (Å²) in [6.07, 6.45) is 0.924. The molecule has 6 heteroatoms. The van der Waals surface area contributed by atoms with E-state index in [0.717, 1.165) is 36.4 Å². The third-order valence-corrected chi connectivity index (χ3v) is 4.93. The number of anilines is 1. The van der Waals surface area contributed by atoms with Gasteiger partial charge in [-0.05, 0) is 24.5 Å². The fourth-order valence-corrected chi connectivity index (χ4v) is 3.36. The zero-order chi connectivity index (χ0) is 19.6. The number of benzene rings is 1. The highest BCUT2D eigenvalue weighted by atomic mass is 16.5. The Morgan fingerprint density at radius 1 is 1.22 bits per heavy atom. The van der Waals surface area contributed by atoms with Crippen LogP contribution in [0.4, 0.5) is 5.82 Å². The molecule has 0 spiro atoms. The number of carbonyl (C=O) groups is 1. The summed E-state index contributed by atoms with van der Waals surface area (Å²) in [6, 6.07) is 8.04. The lowest BCUT2D eigenvalue weighted by Crippen LogP contribution is -2.41. The monoisotopic (exact) mass is 370 g/mol. The van der Waals surface area contributed by atoms with Crippen LogP contribution in [0.5, 0.6) is 5.88 Å². The third-order valence-electron chi connectivity index (χ3n) is 4.93. The maximum absolute atomic E-state index is 12.3. The summed E-state index contributed by atoms with van der Waals surface area (Å²) < 4.78 is 6.00. The van der Waals surface area contributed by atoms with Gasteiger partial charge in [0.2, 0.25) is 5.91 Å². The summed E-state index contributed by atoms with van der Waals surface area (Å²) in [7, 11) is 1.90. The van der Waals surface area contributed by atoms with Crippen LogP contribution in [0.1, 0.15) is 34.1 Å². The van der Waals surface area contributed by atoms with Crippen molar-refractivity contribution >= 4 is 22.8 Å². The molecule has 0 N–H and O–H groups in total.